The zero-order valence-corrected chi connectivity index (χ0v) is 18.1. The summed E-state index contributed by atoms with van der Waals surface area (Å²) in [7, 11) is 1.48. The van der Waals surface area contributed by atoms with Crippen LogP contribution in [0.3, 0.4) is 0 Å². The first-order valence-corrected chi connectivity index (χ1v) is 10.0. The van der Waals surface area contributed by atoms with E-state index in [9.17, 15) is 9.59 Å². The van der Waals surface area contributed by atoms with Gasteiger partial charge in [-0.25, -0.2) is 4.79 Å². The summed E-state index contributed by atoms with van der Waals surface area (Å²) in [5.41, 5.74) is 1.89. The third-order valence-corrected chi connectivity index (χ3v) is 5.55. The van der Waals surface area contributed by atoms with Gasteiger partial charge in [-0.1, -0.05) is 41.4 Å². The van der Waals surface area contributed by atoms with Crippen molar-refractivity contribution in [2.75, 3.05) is 7.11 Å². The molecule has 0 aromatic heterocycles. The molecular formula is C24H16Cl2O5. The van der Waals surface area contributed by atoms with E-state index in [1.165, 1.54) is 7.11 Å². The second-order valence-corrected chi connectivity index (χ2v) is 7.58. The Balaban J connectivity index is 1.62. The van der Waals surface area contributed by atoms with Crippen LogP contribution in [0, 0.1) is 6.92 Å². The minimum Gasteiger partial charge on any atom is -0.496 e. The number of esters is 1. The summed E-state index contributed by atoms with van der Waals surface area (Å²) in [5.74, 6) is 0.345. The van der Waals surface area contributed by atoms with E-state index >= 15 is 0 Å². The number of fused-ring (bicyclic) bond motifs is 1. The topological polar surface area (TPSA) is 61.8 Å². The predicted octanol–water partition coefficient (Wildman–Crippen LogP) is 6.15. The van der Waals surface area contributed by atoms with E-state index in [0.717, 1.165) is 0 Å². The van der Waals surface area contributed by atoms with E-state index in [-0.39, 0.29) is 11.5 Å². The quantitative estimate of drug-likeness (QED) is 0.269. The number of carbonyl (C=O) groups is 2. The van der Waals surface area contributed by atoms with Crippen molar-refractivity contribution in [1.29, 1.82) is 0 Å². The van der Waals surface area contributed by atoms with Crippen molar-refractivity contribution in [3.8, 4) is 17.2 Å². The van der Waals surface area contributed by atoms with Gasteiger partial charge in [0.05, 0.1) is 22.7 Å². The number of rotatable bonds is 4. The van der Waals surface area contributed by atoms with E-state index in [2.05, 4.69) is 0 Å². The Labute approximate surface area is 188 Å². The standard InChI is InChI=1S/C24H16Cl2O5/c1-13-19(31-24(28)15-5-3-4-6-20(15)29-2)10-8-16-22(27)21(30-23(13)16)12-14-7-9-17(25)18(26)11-14/h3-12H,1-2H3/b21-12-. The summed E-state index contributed by atoms with van der Waals surface area (Å²) >= 11 is 12.0. The van der Waals surface area contributed by atoms with Crippen molar-refractivity contribution < 1.29 is 23.8 Å². The Morgan fingerprint density at radius 3 is 2.52 bits per heavy atom. The van der Waals surface area contributed by atoms with Gasteiger partial charge in [0.2, 0.25) is 5.78 Å². The molecule has 0 radical (unpaired) electrons. The molecule has 1 aliphatic heterocycles. The van der Waals surface area contributed by atoms with Crippen LogP contribution in [0.5, 0.6) is 17.2 Å². The van der Waals surface area contributed by atoms with E-state index in [1.54, 1.807) is 67.6 Å². The van der Waals surface area contributed by atoms with Gasteiger partial charge in [-0.2, -0.15) is 0 Å². The Morgan fingerprint density at radius 1 is 1.00 bits per heavy atom. The molecule has 0 N–H and O–H groups in total. The van der Waals surface area contributed by atoms with Gasteiger partial charge < -0.3 is 14.2 Å². The van der Waals surface area contributed by atoms with Crippen LogP contribution in [-0.2, 0) is 0 Å². The molecule has 0 atom stereocenters. The third kappa shape index (κ3) is 4.02. The van der Waals surface area contributed by atoms with Crippen LogP contribution < -0.4 is 14.2 Å². The van der Waals surface area contributed by atoms with E-state index in [0.29, 0.717) is 49.5 Å². The molecule has 31 heavy (non-hydrogen) atoms. The number of ketones is 1. The number of hydrogen-bond donors (Lipinski definition) is 0. The summed E-state index contributed by atoms with van der Waals surface area (Å²) in [6, 6.07) is 14.9. The minimum atomic E-state index is -0.573. The number of allylic oxidation sites excluding steroid dienone is 1. The molecule has 4 rings (SSSR count). The van der Waals surface area contributed by atoms with Crippen LogP contribution in [0.1, 0.15) is 31.8 Å². The highest BCUT2D eigenvalue weighted by Gasteiger charge is 2.30. The average molecular weight is 455 g/mol. The number of hydrogen-bond acceptors (Lipinski definition) is 5. The van der Waals surface area contributed by atoms with Crippen LogP contribution in [-0.4, -0.2) is 18.9 Å². The van der Waals surface area contributed by atoms with Crippen LogP contribution in [0.2, 0.25) is 10.0 Å². The molecule has 1 heterocycles. The van der Waals surface area contributed by atoms with Gasteiger partial charge >= 0.3 is 5.97 Å². The number of halogens is 2. The molecule has 156 valence electrons. The van der Waals surface area contributed by atoms with Crippen molar-refractivity contribution >= 4 is 41.0 Å². The normalized spacial score (nSPS) is 13.7. The van der Waals surface area contributed by atoms with E-state index < -0.39 is 5.97 Å². The fraction of sp³-hybridized carbons (Fsp3) is 0.0833. The molecule has 1 aliphatic rings. The Bertz CT molecular complexity index is 1250. The van der Waals surface area contributed by atoms with Crippen molar-refractivity contribution in [1.82, 2.24) is 0 Å². The lowest BCUT2D eigenvalue weighted by Gasteiger charge is -2.11. The molecule has 3 aromatic rings. The SMILES string of the molecule is COc1ccccc1C(=O)Oc1ccc2c(c1C)O/C(=C\c1ccc(Cl)c(Cl)c1)C2=O. The second-order valence-electron chi connectivity index (χ2n) is 6.77. The lowest BCUT2D eigenvalue weighted by Crippen LogP contribution is -2.11. The predicted molar refractivity (Wildman–Crippen MR) is 119 cm³/mol. The maximum absolute atomic E-state index is 12.8. The summed E-state index contributed by atoms with van der Waals surface area (Å²) in [6.07, 6.45) is 1.59. The lowest BCUT2D eigenvalue weighted by atomic mass is 10.1. The number of benzene rings is 3. The maximum atomic E-state index is 12.8. The molecule has 3 aromatic carbocycles. The lowest BCUT2D eigenvalue weighted by molar-refractivity contribution is 0.0729. The zero-order valence-electron chi connectivity index (χ0n) is 16.6. The summed E-state index contributed by atoms with van der Waals surface area (Å²) in [5, 5.41) is 0.795. The molecular weight excluding hydrogens is 439 g/mol. The molecule has 0 saturated carbocycles. The smallest absolute Gasteiger partial charge is 0.347 e. The molecule has 0 spiro atoms. The number of methoxy groups -OCH3 is 1. The maximum Gasteiger partial charge on any atom is 0.347 e. The van der Waals surface area contributed by atoms with Gasteiger partial charge in [-0.15, -0.1) is 0 Å². The fourth-order valence-electron chi connectivity index (χ4n) is 3.20. The number of ether oxygens (including phenoxy) is 3. The summed E-state index contributed by atoms with van der Waals surface area (Å²) < 4.78 is 16.6. The van der Waals surface area contributed by atoms with E-state index in [1.807, 2.05) is 0 Å². The summed E-state index contributed by atoms with van der Waals surface area (Å²) in [4.78, 5) is 25.4. The monoisotopic (exact) mass is 454 g/mol. The zero-order chi connectivity index (χ0) is 22.1. The second kappa shape index (κ2) is 8.46. The largest absolute Gasteiger partial charge is 0.496 e. The number of para-hydroxylation sites is 1. The van der Waals surface area contributed by atoms with Crippen LogP contribution in [0.15, 0.2) is 60.4 Å². The Kier molecular flexibility index (Phi) is 5.72. The van der Waals surface area contributed by atoms with Crippen LogP contribution in [0.4, 0.5) is 0 Å². The van der Waals surface area contributed by atoms with Gasteiger partial charge in [0, 0.05) is 5.56 Å². The van der Waals surface area contributed by atoms with Gasteiger partial charge in [0.1, 0.15) is 22.8 Å². The van der Waals surface area contributed by atoms with Gasteiger partial charge in [0.15, 0.2) is 5.76 Å². The first kappa shape index (κ1) is 21.0. The highest BCUT2D eigenvalue weighted by Crippen LogP contribution is 2.40. The molecule has 5 nitrogen and oxygen atoms in total. The molecule has 0 fully saturated rings. The van der Waals surface area contributed by atoms with Gasteiger partial charge in [0.25, 0.3) is 0 Å². The molecule has 0 bridgehead atoms. The molecule has 0 unspecified atom stereocenters. The Hall–Kier alpha value is -3.28. The number of Topliss-reactive ketones (excluding diaryl/α,β-unsaturated/α-hetero) is 1. The van der Waals surface area contributed by atoms with Crippen molar-refractivity contribution in [2.45, 2.75) is 6.92 Å². The van der Waals surface area contributed by atoms with Gasteiger partial charge in [-0.3, -0.25) is 4.79 Å². The fourth-order valence-corrected chi connectivity index (χ4v) is 3.51. The Morgan fingerprint density at radius 2 is 1.77 bits per heavy atom. The van der Waals surface area contributed by atoms with Gasteiger partial charge in [-0.05, 0) is 55.0 Å². The van der Waals surface area contributed by atoms with Crippen molar-refractivity contribution in [2.24, 2.45) is 0 Å². The molecule has 0 aliphatic carbocycles. The molecule has 0 saturated heterocycles. The minimum absolute atomic E-state index is 0.143. The van der Waals surface area contributed by atoms with Crippen molar-refractivity contribution in [3.63, 3.8) is 0 Å². The third-order valence-electron chi connectivity index (χ3n) is 4.81. The average Bonchev–Trinajstić information content (AvgIpc) is 3.08. The van der Waals surface area contributed by atoms with Crippen LogP contribution in [0.25, 0.3) is 6.08 Å². The van der Waals surface area contributed by atoms with E-state index in [4.69, 9.17) is 37.4 Å². The summed E-state index contributed by atoms with van der Waals surface area (Å²) in [6.45, 7) is 1.72. The first-order valence-electron chi connectivity index (χ1n) is 9.27. The van der Waals surface area contributed by atoms with Crippen molar-refractivity contribution in [3.05, 3.63) is 92.7 Å². The number of carbonyl (C=O) groups excluding carboxylic acids is 2. The van der Waals surface area contributed by atoms with Crippen LogP contribution >= 0.6 is 23.2 Å². The molecule has 0 amide bonds. The highest BCUT2D eigenvalue weighted by molar-refractivity contribution is 6.42. The first-order chi connectivity index (χ1) is 14.9. The highest BCUT2D eigenvalue weighted by atomic mass is 35.5. The molecule has 7 heteroatoms.